The maximum Gasteiger partial charge on any atom is 0.471 e. The van der Waals surface area contributed by atoms with Gasteiger partial charge in [0.15, 0.2) is 6.29 Å². The largest absolute Gasteiger partial charge is 0.471 e. The van der Waals surface area contributed by atoms with Crippen LogP contribution in [0.15, 0.2) is 0 Å². The third-order valence-electron chi connectivity index (χ3n) is 2.31. The monoisotopic (exact) mass is 254 g/mol. The van der Waals surface area contributed by atoms with Crippen LogP contribution >= 0.6 is 7.82 Å². The van der Waals surface area contributed by atoms with E-state index in [2.05, 4.69) is 11.4 Å². The standard InChI is InChI=1S/C10H23O5P/c1-2-3-4-5-6-7-8-9-10(11)15-16(12,13)14/h10-11H,2-9H2,1H3,(H2,12,13,14). The number of aliphatic hydroxyl groups excluding tert-OH is 1. The molecule has 0 aliphatic carbocycles. The Labute approximate surface area is 97.1 Å². The Morgan fingerprint density at radius 2 is 1.56 bits per heavy atom. The minimum Gasteiger partial charge on any atom is -0.367 e. The van der Waals surface area contributed by atoms with Gasteiger partial charge in [0.25, 0.3) is 0 Å². The summed E-state index contributed by atoms with van der Waals surface area (Å²) in [5, 5.41) is 9.11. The normalized spacial score (nSPS) is 14.0. The van der Waals surface area contributed by atoms with Crippen LogP contribution in [0.2, 0.25) is 0 Å². The minimum atomic E-state index is -4.54. The van der Waals surface area contributed by atoms with Crippen molar-refractivity contribution in [1.29, 1.82) is 0 Å². The van der Waals surface area contributed by atoms with Crippen LogP contribution in [0.4, 0.5) is 0 Å². The molecule has 16 heavy (non-hydrogen) atoms. The highest BCUT2D eigenvalue weighted by molar-refractivity contribution is 7.46. The van der Waals surface area contributed by atoms with E-state index in [0.29, 0.717) is 0 Å². The Bertz CT molecular complexity index is 203. The third kappa shape index (κ3) is 12.1. The topological polar surface area (TPSA) is 87.0 Å². The summed E-state index contributed by atoms with van der Waals surface area (Å²) in [6.45, 7) is 2.16. The molecule has 0 saturated heterocycles. The van der Waals surface area contributed by atoms with E-state index in [1.165, 1.54) is 25.7 Å². The molecule has 0 aromatic carbocycles. The molecule has 0 saturated carbocycles. The van der Waals surface area contributed by atoms with E-state index in [4.69, 9.17) is 14.9 Å². The van der Waals surface area contributed by atoms with Crippen LogP contribution in [0.25, 0.3) is 0 Å². The predicted molar refractivity (Wildman–Crippen MR) is 61.7 cm³/mol. The molecule has 0 spiro atoms. The van der Waals surface area contributed by atoms with Crippen LogP contribution in [0.1, 0.15) is 58.3 Å². The number of aliphatic hydroxyl groups is 1. The summed E-state index contributed by atoms with van der Waals surface area (Å²) in [7, 11) is -4.54. The van der Waals surface area contributed by atoms with E-state index < -0.39 is 14.1 Å². The fraction of sp³-hybridized carbons (Fsp3) is 1.00. The summed E-state index contributed by atoms with van der Waals surface area (Å²) in [5.41, 5.74) is 0. The summed E-state index contributed by atoms with van der Waals surface area (Å²) < 4.78 is 14.5. The predicted octanol–water partition coefficient (Wildman–Crippen LogP) is 2.55. The molecule has 6 heteroatoms. The van der Waals surface area contributed by atoms with E-state index in [9.17, 15) is 4.57 Å². The first kappa shape index (κ1) is 16.1. The van der Waals surface area contributed by atoms with Crippen LogP contribution in [0.3, 0.4) is 0 Å². The van der Waals surface area contributed by atoms with Crippen LogP contribution in [-0.4, -0.2) is 21.2 Å². The second kappa shape index (κ2) is 9.14. The molecule has 0 heterocycles. The Morgan fingerprint density at radius 3 is 2.06 bits per heavy atom. The number of hydrogen-bond donors (Lipinski definition) is 3. The molecule has 0 aromatic heterocycles. The van der Waals surface area contributed by atoms with Gasteiger partial charge in [-0.3, -0.25) is 4.52 Å². The van der Waals surface area contributed by atoms with E-state index in [-0.39, 0.29) is 6.42 Å². The Kier molecular flexibility index (Phi) is 9.18. The lowest BCUT2D eigenvalue weighted by Crippen LogP contribution is -2.09. The molecule has 0 aliphatic rings. The van der Waals surface area contributed by atoms with Crippen molar-refractivity contribution in [1.82, 2.24) is 0 Å². The lowest BCUT2D eigenvalue weighted by Gasteiger charge is -2.11. The quantitative estimate of drug-likeness (QED) is 0.317. The van der Waals surface area contributed by atoms with Gasteiger partial charge in [-0.2, -0.15) is 0 Å². The molecule has 0 radical (unpaired) electrons. The van der Waals surface area contributed by atoms with E-state index >= 15 is 0 Å². The van der Waals surface area contributed by atoms with Gasteiger partial charge >= 0.3 is 7.82 Å². The second-order valence-corrected chi connectivity index (χ2v) is 5.15. The van der Waals surface area contributed by atoms with Crippen molar-refractivity contribution in [2.45, 2.75) is 64.6 Å². The van der Waals surface area contributed by atoms with Crippen molar-refractivity contribution in [3.63, 3.8) is 0 Å². The minimum absolute atomic E-state index is 0.277. The lowest BCUT2D eigenvalue weighted by atomic mass is 10.1. The number of rotatable bonds is 10. The van der Waals surface area contributed by atoms with Gasteiger partial charge in [0.1, 0.15) is 0 Å². The van der Waals surface area contributed by atoms with Crippen molar-refractivity contribution < 1.29 is 24.0 Å². The first-order chi connectivity index (χ1) is 7.45. The molecule has 5 nitrogen and oxygen atoms in total. The van der Waals surface area contributed by atoms with Crippen molar-refractivity contribution in [3.8, 4) is 0 Å². The second-order valence-electron chi connectivity index (χ2n) is 3.96. The maximum atomic E-state index is 10.4. The van der Waals surface area contributed by atoms with Crippen LogP contribution < -0.4 is 0 Å². The zero-order chi connectivity index (χ0) is 12.4. The van der Waals surface area contributed by atoms with Crippen molar-refractivity contribution in [2.75, 3.05) is 0 Å². The number of unbranched alkanes of at least 4 members (excludes halogenated alkanes) is 6. The number of phosphoric acid groups is 1. The highest BCUT2D eigenvalue weighted by Crippen LogP contribution is 2.37. The zero-order valence-corrected chi connectivity index (χ0v) is 10.7. The first-order valence-corrected chi connectivity index (χ1v) is 7.40. The Balaban J connectivity index is 3.28. The molecule has 0 fully saturated rings. The summed E-state index contributed by atoms with van der Waals surface area (Å²) in [4.78, 5) is 16.8. The highest BCUT2D eigenvalue weighted by Gasteiger charge is 2.19. The molecule has 1 unspecified atom stereocenters. The Hall–Kier alpha value is 0.0700. The van der Waals surface area contributed by atoms with E-state index in [0.717, 1.165) is 19.3 Å². The first-order valence-electron chi connectivity index (χ1n) is 5.87. The molecule has 0 aliphatic heterocycles. The lowest BCUT2D eigenvalue weighted by molar-refractivity contribution is -0.0426. The highest BCUT2D eigenvalue weighted by atomic mass is 31.2. The molecular weight excluding hydrogens is 231 g/mol. The molecule has 0 amide bonds. The average molecular weight is 254 g/mol. The zero-order valence-electron chi connectivity index (χ0n) is 9.84. The number of phosphoric ester groups is 1. The van der Waals surface area contributed by atoms with Crippen molar-refractivity contribution in [3.05, 3.63) is 0 Å². The summed E-state index contributed by atoms with van der Waals surface area (Å²) in [5.74, 6) is 0. The van der Waals surface area contributed by atoms with Gasteiger partial charge in [-0.1, -0.05) is 45.4 Å². The smallest absolute Gasteiger partial charge is 0.367 e. The van der Waals surface area contributed by atoms with Gasteiger partial charge in [0.05, 0.1) is 0 Å². The van der Waals surface area contributed by atoms with Crippen LogP contribution in [0.5, 0.6) is 0 Å². The van der Waals surface area contributed by atoms with Gasteiger partial charge in [-0.05, 0) is 12.8 Å². The molecule has 0 aromatic rings. The molecule has 0 rings (SSSR count). The Morgan fingerprint density at radius 1 is 1.06 bits per heavy atom. The molecule has 1 atom stereocenters. The van der Waals surface area contributed by atoms with Crippen molar-refractivity contribution >= 4 is 7.82 Å². The third-order valence-corrected chi connectivity index (χ3v) is 2.83. The van der Waals surface area contributed by atoms with Gasteiger partial charge in [0, 0.05) is 0 Å². The summed E-state index contributed by atoms with van der Waals surface area (Å²) in [6, 6.07) is 0. The molecular formula is C10H23O5P. The van der Waals surface area contributed by atoms with E-state index in [1.54, 1.807) is 0 Å². The molecule has 3 N–H and O–H groups in total. The van der Waals surface area contributed by atoms with Crippen molar-refractivity contribution in [2.24, 2.45) is 0 Å². The van der Waals surface area contributed by atoms with Crippen LogP contribution in [-0.2, 0) is 9.09 Å². The SMILES string of the molecule is CCCCCCCCCC(O)OP(=O)(O)O. The maximum absolute atomic E-state index is 10.4. The average Bonchev–Trinajstić information content (AvgIpc) is 2.13. The molecule has 98 valence electrons. The van der Waals surface area contributed by atoms with Gasteiger partial charge < -0.3 is 14.9 Å². The van der Waals surface area contributed by atoms with Crippen LogP contribution in [0, 0.1) is 0 Å². The van der Waals surface area contributed by atoms with Gasteiger partial charge in [0.2, 0.25) is 0 Å². The summed E-state index contributed by atoms with van der Waals surface area (Å²) in [6.07, 6.45) is 6.61. The molecule has 0 bridgehead atoms. The number of hydrogen-bond acceptors (Lipinski definition) is 3. The fourth-order valence-corrected chi connectivity index (χ4v) is 1.91. The van der Waals surface area contributed by atoms with Gasteiger partial charge in [-0.25, -0.2) is 4.57 Å². The van der Waals surface area contributed by atoms with E-state index in [1.807, 2.05) is 0 Å². The van der Waals surface area contributed by atoms with Gasteiger partial charge in [-0.15, -0.1) is 0 Å². The fourth-order valence-electron chi connectivity index (χ4n) is 1.49. The summed E-state index contributed by atoms with van der Waals surface area (Å²) >= 11 is 0.